The van der Waals surface area contributed by atoms with Crippen molar-refractivity contribution >= 4 is 17.4 Å². The lowest BCUT2D eigenvalue weighted by atomic mass is 9.94. The molecule has 1 N–H and O–H groups in total. The van der Waals surface area contributed by atoms with Crippen molar-refractivity contribution in [3.63, 3.8) is 0 Å². The zero-order valence-electron chi connectivity index (χ0n) is 17.6. The van der Waals surface area contributed by atoms with Gasteiger partial charge < -0.3 is 14.7 Å². The fourth-order valence-electron chi connectivity index (χ4n) is 3.87. The molecule has 0 saturated carbocycles. The zero-order chi connectivity index (χ0) is 22.8. The largest absolute Gasteiger partial charge is 0.507 e. The SMILES string of the molecule is COc1ccc(C)cc1/C(O)=C1\C(=O)C(=O)N(Cc2ccncc2)C1c1ccc(F)cc1. The molecule has 1 aromatic heterocycles. The number of likely N-dealkylation sites (tertiary alicyclic amines) is 1. The standard InChI is InChI=1S/C25H21FN2O4/c1-15-3-8-20(32-2)19(13-15)23(29)21-22(17-4-6-18(26)7-5-17)28(25(31)24(21)30)14-16-9-11-27-12-10-16/h3-13,22,29H,14H2,1-2H3/b23-21+. The fraction of sp³-hybridized carbons (Fsp3) is 0.160. The number of benzene rings is 2. The quantitative estimate of drug-likeness (QED) is 0.372. The number of aromatic nitrogens is 1. The Hall–Kier alpha value is -4.00. The molecule has 1 saturated heterocycles. The number of ether oxygens (including phenoxy) is 1. The van der Waals surface area contributed by atoms with Crippen LogP contribution in [0.1, 0.15) is 28.3 Å². The molecular weight excluding hydrogens is 411 g/mol. The number of Topliss-reactive ketones (excluding diaryl/α,β-unsaturated/α-hetero) is 1. The summed E-state index contributed by atoms with van der Waals surface area (Å²) >= 11 is 0. The van der Waals surface area contributed by atoms with E-state index in [1.54, 1.807) is 36.7 Å². The molecule has 1 fully saturated rings. The molecule has 1 aliphatic heterocycles. The minimum absolute atomic E-state index is 0.0698. The smallest absolute Gasteiger partial charge is 0.295 e. The van der Waals surface area contributed by atoms with E-state index in [1.165, 1.54) is 36.3 Å². The first-order valence-corrected chi connectivity index (χ1v) is 9.98. The summed E-state index contributed by atoms with van der Waals surface area (Å²) in [7, 11) is 1.46. The van der Waals surface area contributed by atoms with Crippen LogP contribution in [0.5, 0.6) is 5.75 Å². The highest BCUT2D eigenvalue weighted by atomic mass is 19.1. The summed E-state index contributed by atoms with van der Waals surface area (Å²) in [5.41, 5.74) is 2.35. The highest BCUT2D eigenvalue weighted by molar-refractivity contribution is 6.46. The molecule has 0 aliphatic carbocycles. The van der Waals surface area contributed by atoms with Gasteiger partial charge in [-0.15, -0.1) is 0 Å². The highest BCUT2D eigenvalue weighted by Crippen LogP contribution is 2.41. The van der Waals surface area contributed by atoms with Crippen LogP contribution in [0.4, 0.5) is 4.39 Å². The van der Waals surface area contributed by atoms with Crippen LogP contribution >= 0.6 is 0 Å². The number of carbonyl (C=O) groups is 2. The van der Waals surface area contributed by atoms with Crippen molar-refractivity contribution in [3.8, 4) is 5.75 Å². The van der Waals surface area contributed by atoms with Crippen molar-refractivity contribution in [2.24, 2.45) is 0 Å². The van der Waals surface area contributed by atoms with E-state index in [1.807, 2.05) is 13.0 Å². The second kappa shape index (κ2) is 8.63. The minimum Gasteiger partial charge on any atom is -0.507 e. The molecule has 4 rings (SSSR count). The van der Waals surface area contributed by atoms with E-state index in [0.717, 1.165) is 11.1 Å². The minimum atomic E-state index is -0.894. The van der Waals surface area contributed by atoms with Gasteiger partial charge in [0.05, 0.1) is 24.3 Å². The zero-order valence-corrected chi connectivity index (χ0v) is 17.6. The van der Waals surface area contributed by atoms with Crippen molar-refractivity contribution in [1.82, 2.24) is 9.88 Å². The van der Waals surface area contributed by atoms with Gasteiger partial charge in [-0.2, -0.15) is 0 Å². The van der Waals surface area contributed by atoms with Gasteiger partial charge in [0, 0.05) is 18.9 Å². The van der Waals surface area contributed by atoms with Gasteiger partial charge in [-0.1, -0.05) is 23.8 Å². The van der Waals surface area contributed by atoms with Crippen molar-refractivity contribution in [2.75, 3.05) is 7.11 Å². The van der Waals surface area contributed by atoms with E-state index in [-0.39, 0.29) is 17.9 Å². The molecule has 6 nitrogen and oxygen atoms in total. The molecule has 162 valence electrons. The summed E-state index contributed by atoms with van der Waals surface area (Å²) in [5.74, 6) is -1.97. The number of amides is 1. The van der Waals surface area contributed by atoms with Gasteiger partial charge in [-0.25, -0.2) is 4.39 Å². The molecule has 7 heteroatoms. The summed E-state index contributed by atoms with van der Waals surface area (Å²) in [5, 5.41) is 11.2. The van der Waals surface area contributed by atoms with Crippen LogP contribution < -0.4 is 4.74 Å². The van der Waals surface area contributed by atoms with Crippen LogP contribution in [0.25, 0.3) is 5.76 Å². The molecule has 1 aliphatic rings. The summed E-state index contributed by atoms with van der Waals surface area (Å²) in [6.07, 6.45) is 3.19. The van der Waals surface area contributed by atoms with Gasteiger partial charge in [0.15, 0.2) is 0 Å². The first kappa shape index (κ1) is 21.2. The number of hydrogen-bond donors (Lipinski definition) is 1. The van der Waals surface area contributed by atoms with E-state index in [4.69, 9.17) is 4.74 Å². The van der Waals surface area contributed by atoms with E-state index in [2.05, 4.69) is 4.98 Å². The van der Waals surface area contributed by atoms with Gasteiger partial charge in [-0.3, -0.25) is 14.6 Å². The molecule has 2 heterocycles. The molecule has 0 radical (unpaired) electrons. The first-order chi connectivity index (χ1) is 15.4. The Labute approximate surface area is 184 Å². The van der Waals surface area contributed by atoms with Gasteiger partial charge >= 0.3 is 0 Å². The average molecular weight is 432 g/mol. The van der Waals surface area contributed by atoms with Crippen molar-refractivity contribution in [1.29, 1.82) is 0 Å². The number of rotatable bonds is 5. The third-order valence-electron chi connectivity index (χ3n) is 5.44. The third kappa shape index (κ3) is 3.85. The average Bonchev–Trinajstić information content (AvgIpc) is 3.04. The number of pyridine rings is 1. The van der Waals surface area contributed by atoms with Crippen LogP contribution in [0, 0.1) is 12.7 Å². The summed E-state index contributed by atoms with van der Waals surface area (Å²) in [4.78, 5) is 31.5. The maximum atomic E-state index is 13.6. The predicted octanol–water partition coefficient (Wildman–Crippen LogP) is 4.16. The molecule has 0 spiro atoms. The number of aryl methyl sites for hydroxylation is 1. The second-order valence-electron chi connectivity index (χ2n) is 7.54. The number of methoxy groups -OCH3 is 1. The molecule has 1 atom stereocenters. The normalized spacial score (nSPS) is 17.6. The Morgan fingerprint density at radius 3 is 2.44 bits per heavy atom. The Balaban J connectivity index is 1.91. The number of halogens is 1. The molecule has 2 aromatic carbocycles. The van der Waals surface area contributed by atoms with E-state index in [0.29, 0.717) is 16.9 Å². The van der Waals surface area contributed by atoms with Gasteiger partial charge in [0.25, 0.3) is 11.7 Å². The third-order valence-corrected chi connectivity index (χ3v) is 5.44. The molecule has 0 bridgehead atoms. The van der Waals surface area contributed by atoms with E-state index < -0.39 is 23.5 Å². The fourth-order valence-corrected chi connectivity index (χ4v) is 3.87. The summed E-state index contributed by atoms with van der Waals surface area (Å²) in [6.45, 7) is 1.96. The lowest BCUT2D eigenvalue weighted by molar-refractivity contribution is -0.140. The van der Waals surface area contributed by atoms with Gasteiger partial charge in [0.1, 0.15) is 17.3 Å². The van der Waals surface area contributed by atoms with Gasteiger partial charge in [-0.05, 0) is 54.4 Å². The van der Waals surface area contributed by atoms with Crippen LogP contribution in [-0.2, 0) is 16.1 Å². The Bertz CT molecular complexity index is 1210. The number of hydrogen-bond acceptors (Lipinski definition) is 5. The van der Waals surface area contributed by atoms with Gasteiger partial charge in [0.2, 0.25) is 0 Å². The van der Waals surface area contributed by atoms with Crippen LogP contribution in [0.3, 0.4) is 0 Å². The highest BCUT2D eigenvalue weighted by Gasteiger charge is 2.46. The summed E-state index contributed by atoms with van der Waals surface area (Å²) < 4.78 is 19.0. The van der Waals surface area contributed by atoms with E-state index in [9.17, 15) is 19.1 Å². The van der Waals surface area contributed by atoms with Crippen molar-refractivity contribution in [3.05, 3.63) is 101 Å². The molecular formula is C25H21FN2O4. The monoisotopic (exact) mass is 432 g/mol. The molecule has 1 amide bonds. The Morgan fingerprint density at radius 1 is 1.09 bits per heavy atom. The molecule has 1 unspecified atom stereocenters. The number of aliphatic hydroxyl groups is 1. The number of carbonyl (C=O) groups excluding carboxylic acids is 2. The van der Waals surface area contributed by atoms with Crippen LogP contribution in [0.2, 0.25) is 0 Å². The maximum absolute atomic E-state index is 13.6. The van der Waals surface area contributed by atoms with Crippen LogP contribution in [0.15, 0.2) is 72.6 Å². The number of aliphatic hydroxyl groups excluding tert-OH is 1. The Kier molecular flexibility index (Phi) is 5.73. The summed E-state index contributed by atoms with van der Waals surface area (Å²) in [6, 6.07) is 13.3. The first-order valence-electron chi connectivity index (χ1n) is 9.98. The Morgan fingerprint density at radius 2 is 1.78 bits per heavy atom. The van der Waals surface area contributed by atoms with Crippen LogP contribution in [-0.4, -0.2) is 33.8 Å². The number of ketones is 1. The maximum Gasteiger partial charge on any atom is 0.295 e. The topological polar surface area (TPSA) is 79.7 Å². The van der Waals surface area contributed by atoms with E-state index >= 15 is 0 Å². The lowest BCUT2D eigenvalue weighted by Crippen LogP contribution is -2.29. The second-order valence-corrected chi connectivity index (χ2v) is 7.54. The number of nitrogens with zero attached hydrogens (tertiary/aromatic N) is 2. The predicted molar refractivity (Wildman–Crippen MR) is 116 cm³/mol. The molecule has 3 aromatic rings. The van der Waals surface area contributed by atoms with Crippen molar-refractivity contribution in [2.45, 2.75) is 19.5 Å². The molecule has 32 heavy (non-hydrogen) atoms. The lowest BCUT2D eigenvalue weighted by Gasteiger charge is -2.25. The van der Waals surface area contributed by atoms with Crippen molar-refractivity contribution < 1.29 is 23.8 Å².